The molecule has 25 heavy (non-hydrogen) atoms. The van der Waals surface area contributed by atoms with Gasteiger partial charge >= 0.3 is 0 Å². The van der Waals surface area contributed by atoms with Gasteiger partial charge in [0.1, 0.15) is 0 Å². The van der Waals surface area contributed by atoms with E-state index in [2.05, 4.69) is 15.2 Å². The number of rotatable bonds is 5. The Balaban J connectivity index is 1.24. The molecule has 1 aliphatic carbocycles. The minimum atomic E-state index is 0.00585. The van der Waals surface area contributed by atoms with E-state index in [1.165, 1.54) is 25.8 Å². The molecular formula is C20H29N3O2. The maximum atomic E-state index is 12.5. The Hall–Kier alpha value is -1.46. The molecular weight excluding hydrogens is 314 g/mol. The zero-order valence-corrected chi connectivity index (χ0v) is 14.9. The second kappa shape index (κ2) is 7.83. The molecule has 1 aromatic heterocycles. The van der Waals surface area contributed by atoms with Crippen molar-refractivity contribution in [2.75, 3.05) is 26.2 Å². The first kappa shape index (κ1) is 17.0. The molecule has 5 nitrogen and oxygen atoms in total. The van der Waals surface area contributed by atoms with Gasteiger partial charge in [0.25, 0.3) is 0 Å². The van der Waals surface area contributed by atoms with Gasteiger partial charge in [-0.2, -0.15) is 0 Å². The molecule has 1 aromatic rings. The van der Waals surface area contributed by atoms with E-state index in [-0.39, 0.29) is 11.8 Å². The van der Waals surface area contributed by atoms with Crippen LogP contribution in [0, 0.1) is 11.8 Å². The lowest BCUT2D eigenvalue weighted by Gasteiger charge is -2.47. The number of piperidine rings is 1. The average molecular weight is 343 g/mol. The first-order chi connectivity index (χ1) is 12.3. The number of pyridine rings is 1. The Morgan fingerprint density at radius 2 is 2.24 bits per heavy atom. The van der Waals surface area contributed by atoms with Crippen LogP contribution in [0.3, 0.4) is 0 Å². The standard InChI is InChI=1S/C20H29N3O2/c24-20(22-10-7-17-4-1-2-9-21-17)16-12-15-13-23(18-5-3-6-18)11-8-19(15)25-14-16/h1-2,4,9,15-16,18-19H,3,5-8,10-14H2,(H,22,24)/t15-,16-,19+/m1/s1. The molecule has 136 valence electrons. The monoisotopic (exact) mass is 343 g/mol. The second-order valence-corrected chi connectivity index (χ2v) is 7.79. The Bertz CT molecular complexity index is 576. The van der Waals surface area contributed by atoms with Crippen molar-refractivity contribution in [2.45, 2.75) is 50.7 Å². The van der Waals surface area contributed by atoms with E-state index in [9.17, 15) is 4.79 Å². The summed E-state index contributed by atoms with van der Waals surface area (Å²) in [5, 5.41) is 3.08. The number of hydrogen-bond acceptors (Lipinski definition) is 4. The number of nitrogens with zero attached hydrogens (tertiary/aromatic N) is 2. The van der Waals surface area contributed by atoms with Gasteiger partial charge in [0.2, 0.25) is 5.91 Å². The third kappa shape index (κ3) is 4.04. The minimum Gasteiger partial charge on any atom is -0.377 e. The SMILES string of the molecule is O=C(NCCc1ccccn1)[C@H]1CO[C@H]2CCN(C3CCC3)C[C@H]2C1. The largest absolute Gasteiger partial charge is 0.377 e. The summed E-state index contributed by atoms with van der Waals surface area (Å²) >= 11 is 0. The summed E-state index contributed by atoms with van der Waals surface area (Å²) in [6.45, 7) is 3.52. The molecule has 0 radical (unpaired) electrons. The molecule has 5 heteroatoms. The van der Waals surface area contributed by atoms with E-state index in [4.69, 9.17) is 4.74 Å². The summed E-state index contributed by atoms with van der Waals surface area (Å²) in [5.41, 5.74) is 1.02. The van der Waals surface area contributed by atoms with Crippen LogP contribution in [0.1, 0.15) is 37.8 Å². The van der Waals surface area contributed by atoms with Crippen LogP contribution in [0.2, 0.25) is 0 Å². The van der Waals surface area contributed by atoms with Crippen LogP contribution in [0.5, 0.6) is 0 Å². The Kier molecular flexibility index (Phi) is 5.32. The van der Waals surface area contributed by atoms with Crippen molar-refractivity contribution in [1.29, 1.82) is 0 Å². The van der Waals surface area contributed by atoms with Gasteiger partial charge in [-0.25, -0.2) is 0 Å². The molecule has 0 bridgehead atoms. The fourth-order valence-corrected chi connectivity index (χ4v) is 4.43. The van der Waals surface area contributed by atoms with Gasteiger partial charge in [0, 0.05) is 44.0 Å². The van der Waals surface area contributed by atoms with Crippen molar-refractivity contribution in [2.24, 2.45) is 11.8 Å². The number of likely N-dealkylation sites (tertiary alicyclic amines) is 1. The molecule has 4 rings (SSSR count). The summed E-state index contributed by atoms with van der Waals surface area (Å²) < 4.78 is 6.06. The highest BCUT2D eigenvalue weighted by Crippen LogP contribution is 2.35. The van der Waals surface area contributed by atoms with E-state index >= 15 is 0 Å². The van der Waals surface area contributed by atoms with E-state index in [0.717, 1.165) is 37.5 Å². The highest BCUT2D eigenvalue weighted by molar-refractivity contribution is 5.78. The summed E-state index contributed by atoms with van der Waals surface area (Å²) in [6, 6.07) is 6.69. The normalized spacial score (nSPS) is 30.3. The van der Waals surface area contributed by atoms with Crippen LogP contribution in [0.4, 0.5) is 0 Å². The number of carbonyl (C=O) groups excluding carboxylic acids is 1. The molecule has 3 fully saturated rings. The lowest BCUT2D eigenvalue weighted by atomic mass is 9.81. The molecule has 1 N–H and O–H groups in total. The summed E-state index contributed by atoms with van der Waals surface area (Å²) in [6.07, 6.45) is 9.15. The maximum absolute atomic E-state index is 12.5. The smallest absolute Gasteiger partial charge is 0.225 e. The molecule has 3 heterocycles. The third-order valence-corrected chi connectivity index (χ3v) is 6.16. The lowest BCUT2D eigenvalue weighted by molar-refractivity contribution is -0.140. The van der Waals surface area contributed by atoms with Crippen LogP contribution >= 0.6 is 0 Å². The summed E-state index contributed by atoms with van der Waals surface area (Å²) in [4.78, 5) is 19.5. The number of carbonyl (C=O) groups is 1. The molecule has 2 saturated heterocycles. The van der Waals surface area contributed by atoms with Gasteiger partial charge in [-0.1, -0.05) is 12.5 Å². The molecule has 3 aliphatic rings. The number of amides is 1. The van der Waals surface area contributed by atoms with Crippen molar-refractivity contribution in [3.63, 3.8) is 0 Å². The van der Waals surface area contributed by atoms with Crippen molar-refractivity contribution >= 4 is 5.91 Å². The van der Waals surface area contributed by atoms with E-state index in [1.54, 1.807) is 6.20 Å². The second-order valence-electron chi connectivity index (χ2n) is 7.79. The van der Waals surface area contributed by atoms with Crippen molar-refractivity contribution in [3.05, 3.63) is 30.1 Å². The van der Waals surface area contributed by atoms with Gasteiger partial charge in [0.05, 0.1) is 18.6 Å². The van der Waals surface area contributed by atoms with E-state index < -0.39 is 0 Å². The Morgan fingerprint density at radius 1 is 1.32 bits per heavy atom. The maximum Gasteiger partial charge on any atom is 0.225 e. The number of aromatic nitrogens is 1. The predicted octanol–water partition coefficient (Wildman–Crippen LogP) is 2.02. The Labute approximate surface area is 150 Å². The van der Waals surface area contributed by atoms with Crippen LogP contribution < -0.4 is 5.32 Å². The lowest BCUT2D eigenvalue weighted by Crippen LogP contribution is -2.54. The van der Waals surface area contributed by atoms with Crippen LogP contribution in [0.15, 0.2) is 24.4 Å². The minimum absolute atomic E-state index is 0.00585. The van der Waals surface area contributed by atoms with Gasteiger partial charge in [0.15, 0.2) is 0 Å². The molecule has 0 unspecified atom stereocenters. The molecule has 0 spiro atoms. The van der Waals surface area contributed by atoms with Gasteiger partial charge in [-0.3, -0.25) is 14.7 Å². The summed E-state index contributed by atoms with van der Waals surface area (Å²) in [7, 11) is 0. The number of ether oxygens (including phenoxy) is 1. The first-order valence-electron chi connectivity index (χ1n) is 9.83. The van der Waals surface area contributed by atoms with E-state index in [0.29, 0.717) is 25.2 Å². The quantitative estimate of drug-likeness (QED) is 0.889. The van der Waals surface area contributed by atoms with Crippen molar-refractivity contribution < 1.29 is 9.53 Å². The topological polar surface area (TPSA) is 54.5 Å². The average Bonchev–Trinajstić information content (AvgIpc) is 2.60. The number of fused-ring (bicyclic) bond motifs is 1. The fourth-order valence-electron chi connectivity index (χ4n) is 4.43. The first-order valence-corrected chi connectivity index (χ1v) is 9.83. The highest BCUT2D eigenvalue weighted by atomic mass is 16.5. The zero-order valence-electron chi connectivity index (χ0n) is 14.9. The van der Waals surface area contributed by atoms with Gasteiger partial charge < -0.3 is 10.1 Å². The zero-order chi connectivity index (χ0) is 17.1. The molecule has 2 aliphatic heterocycles. The van der Waals surface area contributed by atoms with Crippen LogP contribution in [-0.2, 0) is 16.0 Å². The van der Waals surface area contributed by atoms with E-state index in [1.807, 2.05) is 18.2 Å². The van der Waals surface area contributed by atoms with Gasteiger partial charge in [-0.05, 0) is 43.7 Å². The highest BCUT2D eigenvalue weighted by Gasteiger charge is 2.40. The third-order valence-electron chi connectivity index (χ3n) is 6.16. The molecule has 3 atom stereocenters. The van der Waals surface area contributed by atoms with Crippen LogP contribution in [-0.4, -0.2) is 54.2 Å². The number of hydrogen-bond donors (Lipinski definition) is 1. The number of nitrogens with one attached hydrogen (secondary N) is 1. The molecule has 0 aromatic carbocycles. The van der Waals surface area contributed by atoms with Crippen molar-refractivity contribution in [1.82, 2.24) is 15.2 Å². The predicted molar refractivity (Wildman–Crippen MR) is 96.1 cm³/mol. The molecule has 1 amide bonds. The van der Waals surface area contributed by atoms with Gasteiger partial charge in [-0.15, -0.1) is 0 Å². The fraction of sp³-hybridized carbons (Fsp3) is 0.700. The van der Waals surface area contributed by atoms with Crippen LogP contribution in [0.25, 0.3) is 0 Å². The van der Waals surface area contributed by atoms with Crippen molar-refractivity contribution in [3.8, 4) is 0 Å². The molecule has 1 saturated carbocycles. The Morgan fingerprint density at radius 3 is 3.00 bits per heavy atom. The summed E-state index contributed by atoms with van der Waals surface area (Å²) in [5.74, 6) is 0.677.